The highest BCUT2D eigenvalue weighted by molar-refractivity contribution is 5.79. The highest BCUT2D eigenvalue weighted by atomic mass is 16.2. The largest absolute Gasteiger partial charge is 0.343 e. The van der Waals surface area contributed by atoms with E-state index in [9.17, 15) is 4.79 Å². The molecular weight excluding hydrogens is 284 g/mol. The fourth-order valence-corrected chi connectivity index (χ4v) is 4.04. The van der Waals surface area contributed by atoms with Crippen molar-refractivity contribution in [3.05, 3.63) is 70.8 Å². The minimum absolute atomic E-state index is 0.177. The maximum Gasteiger partial charge on any atom is 0.236 e. The van der Waals surface area contributed by atoms with Gasteiger partial charge in [-0.15, -0.1) is 0 Å². The van der Waals surface area contributed by atoms with Crippen LogP contribution >= 0.6 is 0 Å². The van der Waals surface area contributed by atoms with Crippen molar-refractivity contribution in [2.24, 2.45) is 0 Å². The van der Waals surface area contributed by atoms with Crippen molar-refractivity contribution in [3.63, 3.8) is 0 Å². The summed E-state index contributed by atoms with van der Waals surface area (Å²) in [6.07, 6.45) is 2.18. The number of aryl methyl sites for hydroxylation is 2. The van der Waals surface area contributed by atoms with Gasteiger partial charge in [-0.05, 0) is 35.1 Å². The molecule has 1 aliphatic carbocycles. The molecule has 2 aromatic carbocycles. The average molecular weight is 306 g/mol. The maximum atomic E-state index is 11.8. The van der Waals surface area contributed by atoms with E-state index in [0.29, 0.717) is 12.5 Å². The van der Waals surface area contributed by atoms with Gasteiger partial charge in [-0.3, -0.25) is 4.79 Å². The first-order valence-corrected chi connectivity index (χ1v) is 8.37. The zero-order chi connectivity index (χ0) is 15.8. The summed E-state index contributed by atoms with van der Waals surface area (Å²) in [5.41, 5.74) is 5.71. The van der Waals surface area contributed by atoms with Gasteiger partial charge in [0, 0.05) is 25.6 Å². The van der Waals surface area contributed by atoms with Crippen molar-refractivity contribution in [3.8, 4) is 0 Å². The molecule has 4 rings (SSSR count). The summed E-state index contributed by atoms with van der Waals surface area (Å²) in [6, 6.07) is 17.8. The van der Waals surface area contributed by atoms with Gasteiger partial charge in [-0.1, -0.05) is 48.5 Å². The summed E-state index contributed by atoms with van der Waals surface area (Å²) < 4.78 is 0. The maximum absolute atomic E-state index is 11.8. The molecule has 1 N–H and O–H groups in total. The van der Waals surface area contributed by atoms with Gasteiger partial charge in [0.15, 0.2) is 0 Å². The van der Waals surface area contributed by atoms with Gasteiger partial charge in [-0.25, -0.2) is 0 Å². The number of piperazine rings is 1. The van der Waals surface area contributed by atoms with E-state index in [2.05, 4.69) is 53.8 Å². The Labute approximate surface area is 137 Å². The van der Waals surface area contributed by atoms with Gasteiger partial charge in [0.25, 0.3) is 0 Å². The van der Waals surface area contributed by atoms with E-state index in [0.717, 1.165) is 19.4 Å². The molecule has 118 valence electrons. The molecule has 0 unspecified atom stereocenters. The van der Waals surface area contributed by atoms with Crippen LogP contribution in [-0.2, 0) is 17.6 Å². The molecule has 0 aromatic heterocycles. The van der Waals surface area contributed by atoms with Crippen LogP contribution in [0.25, 0.3) is 0 Å². The van der Waals surface area contributed by atoms with Crippen LogP contribution < -0.4 is 5.32 Å². The van der Waals surface area contributed by atoms with E-state index in [1.165, 1.54) is 22.3 Å². The number of nitrogens with zero attached hydrogens (tertiary/aromatic N) is 1. The Morgan fingerprint density at radius 3 is 2.09 bits per heavy atom. The Balaban J connectivity index is 1.82. The molecule has 3 heteroatoms. The number of rotatable bonds is 1. The minimum Gasteiger partial charge on any atom is -0.343 e. The zero-order valence-electron chi connectivity index (χ0n) is 13.5. The molecule has 1 heterocycles. The Kier molecular flexibility index (Phi) is 3.66. The lowest BCUT2D eigenvalue weighted by Gasteiger charge is -2.37. The third-order valence-electron chi connectivity index (χ3n) is 5.26. The van der Waals surface area contributed by atoms with Crippen LogP contribution in [0.4, 0.5) is 0 Å². The molecule has 23 heavy (non-hydrogen) atoms. The third-order valence-corrected chi connectivity index (χ3v) is 5.26. The topological polar surface area (TPSA) is 32.3 Å². The fraction of sp³-hybridized carbons (Fsp3) is 0.350. The van der Waals surface area contributed by atoms with Gasteiger partial charge >= 0.3 is 0 Å². The zero-order valence-corrected chi connectivity index (χ0v) is 13.5. The van der Waals surface area contributed by atoms with Crippen molar-refractivity contribution < 1.29 is 4.79 Å². The number of nitrogens with one attached hydrogen (secondary N) is 1. The second kappa shape index (κ2) is 5.82. The number of carbonyl (C=O) groups is 1. The van der Waals surface area contributed by atoms with E-state index in [4.69, 9.17) is 0 Å². The first-order chi connectivity index (χ1) is 11.2. The van der Waals surface area contributed by atoms with Crippen molar-refractivity contribution in [2.45, 2.75) is 24.8 Å². The minimum atomic E-state index is 0.177. The summed E-state index contributed by atoms with van der Waals surface area (Å²) >= 11 is 0. The number of carbonyl (C=O) groups excluding carboxylic acids is 1. The highest BCUT2D eigenvalue weighted by Gasteiger charge is 2.34. The van der Waals surface area contributed by atoms with E-state index < -0.39 is 0 Å². The summed E-state index contributed by atoms with van der Waals surface area (Å²) in [4.78, 5) is 13.7. The first kappa shape index (κ1) is 14.5. The third kappa shape index (κ3) is 2.55. The SMILES string of the molecule is CN1C[C@H](C2c3ccccc3CCc3ccccc32)NCC1=O. The molecule has 0 radical (unpaired) electrons. The van der Waals surface area contributed by atoms with Crippen LogP contribution in [0.15, 0.2) is 48.5 Å². The van der Waals surface area contributed by atoms with Gasteiger partial charge < -0.3 is 10.2 Å². The number of fused-ring (bicyclic) bond motifs is 2. The lowest BCUT2D eigenvalue weighted by molar-refractivity contribution is -0.131. The van der Waals surface area contributed by atoms with Crippen LogP contribution in [-0.4, -0.2) is 37.0 Å². The number of hydrogen-bond acceptors (Lipinski definition) is 2. The molecule has 1 fully saturated rings. The van der Waals surface area contributed by atoms with E-state index in [1.807, 2.05) is 11.9 Å². The predicted molar refractivity (Wildman–Crippen MR) is 91.6 cm³/mol. The molecule has 2 aliphatic rings. The Morgan fingerprint density at radius 1 is 0.957 bits per heavy atom. The summed E-state index contributed by atoms with van der Waals surface area (Å²) in [5, 5.41) is 3.49. The van der Waals surface area contributed by atoms with Crippen LogP contribution in [0, 0.1) is 0 Å². The predicted octanol–water partition coefficient (Wildman–Crippen LogP) is 2.35. The molecule has 1 atom stereocenters. The molecular formula is C20H22N2O. The molecule has 1 aliphatic heterocycles. The van der Waals surface area contributed by atoms with E-state index in [1.54, 1.807) is 0 Å². The number of benzene rings is 2. The monoisotopic (exact) mass is 306 g/mol. The van der Waals surface area contributed by atoms with Crippen molar-refractivity contribution in [1.82, 2.24) is 10.2 Å². The lowest BCUT2D eigenvalue weighted by atomic mass is 9.82. The summed E-state index contributed by atoms with van der Waals surface area (Å²) in [7, 11) is 1.91. The standard InChI is InChI=1S/C20H22N2O/c1-22-13-18(21-12-19(22)23)20-16-8-4-2-6-14(16)10-11-15-7-3-5-9-17(15)20/h2-9,18,20-21H,10-13H2,1H3/t18-/m1/s1. The van der Waals surface area contributed by atoms with Crippen LogP contribution in [0.1, 0.15) is 28.2 Å². The van der Waals surface area contributed by atoms with Crippen molar-refractivity contribution in [1.29, 1.82) is 0 Å². The van der Waals surface area contributed by atoms with Crippen LogP contribution in [0.3, 0.4) is 0 Å². The van der Waals surface area contributed by atoms with Crippen molar-refractivity contribution in [2.75, 3.05) is 20.1 Å². The Morgan fingerprint density at radius 2 is 1.52 bits per heavy atom. The molecule has 0 saturated carbocycles. The summed E-state index contributed by atoms with van der Waals surface area (Å²) in [6.45, 7) is 1.19. The van der Waals surface area contributed by atoms with Crippen LogP contribution in [0.5, 0.6) is 0 Å². The smallest absolute Gasteiger partial charge is 0.236 e. The second-order valence-corrected chi connectivity index (χ2v) is 6.64. The van der Waals surface area contributed by atoms with Gasteiger partial charge in [0.05, 0.1) is 6.54 Å². The number of hydrogen-bond donors (Lipinski definition) is 1. The van der Waals surface area contributed by atoms with E-state index in [-0.39, 0.29) is 11.9 Å². The molecule has 0 spiro atoms. The highest BCUT2D eigenvalue weighted by Crippen LogP contribution is 2.37. The first-order valence-electron chi connectivity index (χ1n) is 8.37. The molecule has 1 saturated heterocycles. The lowest BCUT2D eigenvalue weighted by Crippen LogP contribution is -2.54. The number of likely N-dealkylation sites (N-methyl/N-ethyl adjacent to an activating group) is 1. The Hall–Kier alpha value is -2.13. The molecule has 0 bridgehead atoms. The Bertz CT molecular complexity index is 692. The van der Waals surface area contributed by atoms with Crippen molar-refractivity contribution >= 4 is 5.91 Å². The van der Waals surface area contributed by atoms with Gasteiger partial charge in [-0.2, -0.15) is 0 Å². The van der Waals surface area contributed by atoms with Gasteiger partial charge in [0.1, 0.15) is 0 Å². The molecule has 3 nitrogen and oxygen atoms in total. The van der Waals surface area contributed by atoms with Crippen LogP contribution in [0.2, 0.25) is 0 Å². The van der Waals surface area contributed by atoms with Gasteiger partial charge in [0.2, 0.25) is 5.91 Å². The number of amides is 1. The average Bonchev–Trinajstić information content (AvgIpc) is 2.74. The second-order valence-electron chi connectivity index (χ2n) is 6.64. The normalized spacial score (nSPS) is 21.5. The van der Waals surface area contributed by atoms with E-state index >= 15 is 0 Å². The summed E-state index contributed by atoms with van der Waals surface area (Å²) in [5.74, 6) is 0.483. The molecule has 2 aromatic rings. The fourth-order valence-electron chi connectivity index (χ4n) is 4.04. The molecule has 1 amide bonds. The quantitative estimate of drug-likeness (QED) is 0.877.